The molecule has 1 unspecified atom stereocenters. The maximum atomic E-state index is 6.23. The normalized spacial score (nSPS) is 12.7. The van der Waals surface area contributed by atoms with Crippen LogP contribution in [0, 0.1) is 10.5 Å². The number of aromatic nitrogens is 2. The van der Waals surface area contributed by atoms with Gasteiger partial charge >= 0.3 is 0 Å². The van der Waals surface area contributed by atoms with Crippen LogP contribution in [-0.4, -0.2) is 16.8 Å². The Hall–Kier alpha value is -0.590. The predicted octanol–water partition coefficient (Wildman–Crippen LogP) is 3.30. The lowest BCUT2D eigenvalue weighted by atomic mass is 10.0. The molecular weight excluding hydrogens is 361 g/mol. The van der Waals surface area contributed by atoms with Crippen molar-refractivity contribution in [3.8, 4) is 0 Å². The summed E-state index contributed by atoms with van der Waals surface area (Å²) in [5, 5.41) is 8.21. The highest BCUT2D eigenvalue weighted by molar-refractivity contribution is 14.1. The summed E-state index contributed by atoms with van der Waals surface area (Å²) >= 11 is 8.61. The number of aryl methyl sites for hydroxylation is 2. The van der Waals surface area contributed by atoms with E-state index in [0.29, 0.717) is 5.02 Å². The fourth-order valence-electron chi connectivity index (χ4n) is 2.08. The van der Waals surface area contributed by atoms with E-state index < -0.39 is 0 Å². The van der Waals surface area contributed by atoms with Gasteiger partial charge in [-0.1, -0.05) is 29.8 Å². The van der Waals surface area contributed by atoms with Crippen LogP contribution in [0.3, 0.4) is 0 Å². The van der Waals surface area contributed by atoms with Gasteiger partial charge in [-0.15, -0.1) is 0 Å². The molecule has 96 valence electrons. The molecule has 1 aromatic carbocycles. The van der Waals surface area contributed by atoms with E-state index in [1.54, 1.807) is 6.20 Å². The summed E-state index contributed by atoms with van der Waals surface area (Å²) in [5.41, 5.74) is 3.48. The molecule has 1 N–H and O–H groups in total. The van der Waals surface area contributed by atoms with E-state index in [4.69, 9.17) is 11.6 Å². The molecule has 3 nitrogen and oxygen atoms in total. The zero-order valence-electron chi connectivity index (χ0n) is 10.5. The molecule has 0 aliphatic heterocycles. The van der Waals surface area contributed by atoms with Crippen LogP contribution in [0.1, 0.15) is 22.9 Å². The molecule has 5 heteroatoms. The maximum absolute atomic E-state index is 6.23. The number of hydrogen-bond donors (Lipinski definition) is 1. The summed E-state index contributed by atoms with van der Waals surface area (Å²) < 4.78 is 3.08. The third kappa shape index (κ3) is 2.41. The molecule has 0 radical (unpaired) electrons. The molecule has 0 spiro atoms. The molecule has 1 heterocycles. The Morgan fingerprint density at radius 2 is 2.17 bits per heavy atom. The summed E-state index contributed by atoms with van der Waals surface area (Å²) in [4.78, 5) is 0. The number of rotatable bonds is 3. The maximum Gasteiger partial charge on any atom is 0.0837 e. The summed E-state index contributed by atoms with van der Waals surface area (Å²) in [7, 11) is 3.85. The fraction of sp³-hybridized carbons (Fsp3) is 0.308. The zero-order valence-corrected chi connectivity index (χ0v) is 13.5. The first-order valence-electron chi connectivity index (χ1n) is 5.66. The Morgan fingerprint density at radius 3 is 2.72 bits per heavy atom. The van der Waals surface area contributed by atoms with Crippen molar-refractivity contribution in [3.05, 3.63) is 49.8 Å². The lowest BCUT2D eigenvalue weighted by Gasteiger charge is -2.20. The van der Waals surface area contributed by atoms with Gasteiger partial charge in [0.05, 0.1) is 23.0 Å². The first-order valence-corrected chi connectivity index (χ1v) is 7.11. The minimum atomic E-state index is 0.0526. The number of benzene rings is 1. The van der Waals surface area contributed by atoms with Gasteiger partial charge in [-0.25, -0.2) is 0 Å². The highest BCUT2D eigenvalue weighted by Gasteiger charge is 2.21. The van der Waals surface area contributed by atoms with Crippen LogP contribution in [0.4, 0.5) is 0 Å². The number of nitrogens with one attached hydrogen (secondary N) is 1. The largest absolute Gasteiger partial charge is 0.308 e. The van der Waals surface area contributed by atoms with Crippen LogP contribution >= 0.6 is 34.2 Å². The first kappa shape index (κ1) is 13.8. The van der Waals surface area contributed by atoms with E-state index in [0.717, 1.165) is 5.69 Å². The third-order valence-electron chi connectivity index (χ3n) is 3.03. The van der Waals surface area contributed by atoms with E-state index in [1.807, 2.05) is 18.8 Å². The van der Waals surface area contributed by atoms with Gasteiger partial charge < -0.3 is 5.32 Å². The summed E-state index contributed by atoms with van der Waals surface area (Å²) in [5.74, 6) is 0. The van der Waals surface area contributed by atoms with E-state index in [-0.39, 0.29) is 6.04 Å². The third-order valence-corrected chi connectivity index (χ3v) is 4.80. The molecular formula is C13H15ClIN3. The molecule has 0 aliphatic carbocycles. The van der Waals surface area contributed by atoms with Crippen molar-refractivity contribution in [1.82, 2.24) is 15.1 Å². The second kappa shape index (κ2) is 5.59. The molecule has 1 atom stereocenters. The highest BCUT2D eigenvalue weighted by Crippen LogP contribution is 2.31. The van der Waals surface area contributed by atoms with Crippen LogP contribution in [0.5, 0.6) is 0 Å². The molecule has 2 aromatic rings. The van der Waals surface area contributed by atoms with Crippen LogP contribution in [0.2, 0.25) is 5.02 Å². The molecule has 18 heavy (non-hydrogen) atoms. The second-order valence-corrected chi connectivity index (χ2v) is 5.69. The Bertz CT molecular complexity index is 546. The highest BCUT2D eigenvalue weighted by atomic mass is 127. The monoisotopic (exact) mass is 375 g/mol. The van der Waals surface area contributed by atoms with E-state index in [2.05, 4.69) is 58.1 Å². The predicted molar refractivity (Wildman–Crippen MR) is 83.0 cm³/mol. The van der Waals surface area contributed by atoms with Crippen LogP contribution in [-0.2, 0) is 7.05 Å². The van der Waals surface area contributed by atoms with Crippen LogP contribution in [0.25, 0.3) is 0 Å². The van der Waals surface area contributed by atoms with Crippen molar-refractivity contribution in [3.63, 3.8) is 0 Å². The average molecular weight is 376 g/mol. The second-order valence-electron chi connectivity index (χ2n) is 4.20. The Morgan fingerprint density at radius 1 is 1.44 bits per heavy atom. The number of hydrogen-bond acceptors (Lipinski definition) is 2. The Balaban J connectivity index is 2.56. The fourth-order valence-corrected chi connectivity index (χ4v) is 3.02. The smallest absolute Gasteiger partial charge is 0.0837 e. The minimum Gasteiger partial charge on any atom is -0.308 e. The molecule has 0 fully saturated rings. The van der Waals surface area contributed by atoms with Crippen LogP contribution in [0.15, 0.2) is 24.4 Å². The Labute approximate surface area is 126 Å². The summed E-state index contributed by atoms with van der Waals surface area (Å²) in [6.07, 6.45) is 1.68. The van der Waals surface area contributed by atoms with Gasteiger partial charge in [-0.05, 0) is 47.7 Å². The average Bonchev–Trinajstić information content (AvgIpc) is 2.67. The summed E-state index contributed by atoms with van der Waals surface area (Å²) in [6.45, 7) is 2.11. The topological polar surface area (TPSA) is 29.9 Å². The Kier molecular flexibility index (Phi) is 4.29. The van der Waals surface area contributed by atoms with Crippen molar-refractivity contribution >= 4 is 34.2 Å². The van der Waals surface area contributed by atoms with Gasteiger partial charge in [0.2, 0.25) is 0 Å². The van der Waals surface area contributed by atoms with Crippen LogP contribution < -0.4 is 5.32 Å². The van der Waals surface area contributed by atoms with Gasteiger partial charge in [-0.3, -0.25) is 4.68 Å². The number of nitrogens with zero attached hydrogens (tertiary/aromatic N) is 2. The van der Waals surface area contributed by atoms with Gasteiger partial charge in [0, 0.05) is 10.6 Å². The van der Waals surface area contributed by atoms with Gasteiger partial charge in [0.1, 0.15) is 0 Å². The van der Waals surface area contributed by atoms with Gasteiger partial charge in [0.15, 0.2) is 0 Å². The first-order chi connectivity index (χ1) is 8.56. The molecule has 0 saturated carbocycles. The minimum absolute atomic E-state index is 0.0526. The van der Waals surface area contributed by atoms with E-state index in [1.165, 1.54) is 14.7 Å². The quantitative estimate of drug-likeness (QED) is 0.834. The number of halogens is 2. The lowest BCUT2D eigenvalue weighted by molar-refractivity contribution is 0.604. The summed E-state index contributed by atoms with van der Waals surface area (Å²) in [6, 6.07) is 6.36. The molecule has 0 aliphatic rings. The molecule has 2 rings (SSSR count). The van der Waals surface area contributed by atoms with Crippen molar-refractivity contribution in [2.45, 2.75) is 13.0 Å². The van der Waals surface area contributed by atoms with Crippen molar-refractivity contribution in [2.24, 2.45) is 7.05 Å². The van der Waals surface area contributed by atoms with Gasteiger partial charge in [-0.2, -0.15) is 5.10 Å². The van der Waals surface area contributed by atoms with E-state index in [9.17, 15) is 0 Å². The lowest BCUT2D eigenvalue weighted by Crippen LogP contribution is -2.22. The van der Waals surface area contributed by atoms with E-state index >= 15 is 0 Å². The standard InChI is InChI=1S/C13H15ClIN3/c1-8-5-4-6-9(11(8)15)12(16-2)13-10(14)7-17-18(13)3/h4-7,12,16H,1-3H3. The molecule has 0 amide bonds. The van der Waals surface area contributed by atoms with Crippen molar-refractivity contribution in [2.75, 3.05) is 7.05 Å². The van der Waals surface area contributed by atoms with Gasteiger partial charge in [0.25, 0.3) is 0 Å². The molecule has 0 saturated heterocycles. The zero-order chi connectivity index (χ0) is 13.3. The SMILES string of the molecule is CNC(c1cccc(C)c1I)c1c(Cl)cnn1C. The van der Waals surface area contributed by atoms with Crippen molar-refractivity contribution < 1.29 is 0 Å². The molecule has 0 bridgehead atoms. The molecule has 1 aromatic heterocycles. The van der Waals surface area contributed by atoms with Crippen molar-refractivity contribution in [1.29, 1.82) is 0 Å².